The van der Waals surface area contributed by atoms with Gasteiger partial charge in [0.2, 0.25) is 5.91 Å². The van der Waals surface area contributed by atoms with Crippen molar-refractivity contribution >= 4 is 5.91 Å². The van der Waals surface area contributed by atoms with E-state index in [-0.39, 0.29) is 5.91 Å². The lowest BCUT2D eigenvalue weighted by molar-refractivity contribution is -0.125. The molecule has 3 rings (SSSR count). The number of amides is 1. The average Bonchev–Trinajstić information content (AvgIpc) is 3.00. The maximum atomic E-state index is 11.9. The zero-order valence-corrected chi connectivity index (χ0v) is 14.2. The Kier molecular flexibility index (Phi) is 5.67. The van der Waals surface area contributed by atoms with Gasteiger partial charge < -0.3 is 9.80 Å². The summed E-state index contributed by atoms with van der Waals surface area (Å²) in [5.74, 6) is 0.183. The van der Waals surface area contributed by atoms with Gasteiger partial charge in [-0.3, -0.25) is 15.1 Å². The molecule has 24 heavy (non-hydrogen) atoms. The van der Waals surface area contributed by atoms with E-state index in [2.05, 4.69) is 23.5 Å². The topological polar surface area (TPSA) is 44.8 Å². The van der Waals surface area contributed by atoms with Crippen molar-refractivity contribution in [3.8, 4) is 0 Å². The van der Waals surface area contributed by atoms with Gasteiger partial charge in [0.1, 0.15) is 0 Å². The van der Waals surface area contributed by atoms with Crippen LogP contribution in [0, 0.1) is 0 Å². The van der Waals surface area contributed by atoms with Crippen LogP contribution in [0.15, 0.2) is 53.9 Å². The third-order valence-electron chi connectivity index (χ3n) is 4.35. The van der Waals surface area contributed by atoms with Crippen LogP contribution < -0.4 is 5.48 Å². The Bertz CT molecular complexity index is 625. The van der Waals surface area contributed by atoms with Gasteiger partial charge in [-0.25, -0.2) is 0 Å². The summed E-state index contributed by atoms with van der Waals surface area (Å²) < 4.78 is 0. The minimum absolute atomic E-state index is 0.183. The maximum absolute atomic E-state index is 11.9. The second-order valence-electron chi connectivity index (χ2n) is 6.37. The number of nitrogens with one attached hydrogen (secondary N) is 1. The lowest BCUT2D eigenvalue weighted by Crippen LogP contribution is -2.31. The van der Waals surface area contributed by atoms with E-state index in [0.29, 0.717) is 13.0 Å². The van der Waals surface area contributed by atoms with Gasteiger partial charge in [0.05, 0.1) is 12.3 Å². The minimum atomic E-state index is 0.183. The highest BCUT2D eigenvalue weighted by Crippen LogP contribution is 2.18. The van der Waals surface area contributed by atoms with Gasteiger partial charge in [0.15, 0.2) is 0 Å². The molecule has 2 aliphatic heterocycles. The molecular weight excluding hydrogens is 302 g/mol. The number of carbonyl (C=O) groups excluding carboxylic acids is 1. The van der Waals surface area contributed by atoms with Crippen molar-refractivity contribution in [2.75, 3.05) is 26.7 Å². The molecule has 0 radical (unpaired) electrons. The highest BCUT2D eigenvalue weighted by molar-refractivity contribution is 5.79. The first-order valence-corrected chi connectivity index (χ1v) is 8.53. The summed E-state index contributed by atoms with van der Waals surface area (Å²) in [5.41, 5.74) is 6.25. The lowest BCUT2D eigenvalue weighted by atomic mass is 10.1. The van der Waals surface area contributed by atoms with E-state index in [1.54, 1.807) is 4.90 Å². The summed E-state index contributed by atoms with van der Waals surface area (Å²) in [6.07, 6.45) is 6.70. The number of hydroxylamine groups is 1. The Hall–Kier alpha value is -2.11. The number of rotatable bonds is 6. The Balaban J connectivity index is 1.68. The van der Waals surface area contributed by atoms with Crippen molar-refractivity contribution in [3.63, 3.8) is 0 Å². The van der Waals surface area contributed by atoms with Crippen molar-refractivity contribution in [3.05, 3.63) is 59.4 Å². The zero-order valence-electron chi connectivity index (χ0n) is 14.2. The number of likely N-dealkylation sites (N-methyl/N-ethyl adjacent to an activating group) is 1. The number of hydrogen-bond donors (Lipinski definition) is 1. The molecule has 0 aliphatic carbocycles. The Morgan fingerprint density at radius 2 is 2.12 bits per heavy atom. The highest BCUT2D eigenvalue weighted by Gasteiger charge is 2.21. The Morgan fingerprint density at radius 3 is 2.83 bits per heavy atom. The number of carbonyl (C=O) groups is 1. The van der Waals surface area contributed by atoms with Crippen LogP contribution in [0.1, 0.15) is 24.8 Å². The second-order valence-corrected chi connectivity index (χ2v) is 6.37. The predicted octanol–water partition coefficient (Wildman–Crippen LogP) is 2.43. The minimum Gasteiger partial charge on any atom is -0.317 e. The number of likely N-dealkylation sites (tertiary alicyclic amines) is 1. The molecule has 0 unspecified atom stereocenters. The number of hydrogen-bond acceptors (Lipinski definition) is 4. The molecule has 1 fully saturated rings. The van der Waals surface area contributed by atoms with Crippen LogP contribution in [0.2, 0.25) is 0 Å². The monoisotopic (exact) mass is 327 g/mol. The van der Waals surface area contributed by atoms with Gasteiger partial charge in [-0.1, -0.05) is 36.4 Å². The third-order valence-corrected chi connectivity index (χ3v) is 4.35. The van der Waals surface area contributed by atoms with Crippen molar-refractivity contribution in [2.45, 2.75) is 25.9 Å². The SMILES string of the molecule is CN1CCC=C(C(=CN2CCCC2=O)NOCc2ccccc2)C1. The Labute approximate surface area is 143 Å². The van der Waals surface area contributed by atoms with E-state index in [0.717, 1.165) is 43.7 Å². The molecule has 2 heterocycles. The molecular formula is C19H25N3O2. The van der Waals surface area contributed by atoms with E-state index in [4.69, 9.17) is 4.84 Å². The first-order valence-electron chi connectivity index (χ1n) is 8.53. The summed E-state index contributed by atoms with van der Waals surface area (Å²) >= 11 is 0. The fraction of sp³-hybridized carbons (Fsp3) is 0.421. The molecule has 1 amide bonds. The van der Waals surface area contributed by atoms with Gasteiger partial charge in [-0.2, -0.15) is 0 Å². The van der Waals surface area contributed by atoms with E-state index in [1.807, 2.05) is 36.5 Å². The van der Waals surface area contributed by atoms with Crippen LogP contribution in [0.3, 0.4) is 0 Å². The molecule has 1 aromatic rings. The first kappa shape index (κ1) is 16.7. The normalized spacial score (nSPS) is 19.5. The van der Waals surface area contributed by atoms with Crippen molar-refractivity contribution in [1.82, 2.24) is 15.3 Å². The maximum Gasteiger partial charge on any atom is 0.226 e. The summed E-state index contributed by atoms with van der Waals surface area (Å²) in [6.45, 7) is 3.18. The van der Waals surface area contributed by atoms with Crippen LogP contribution in [-0.4, -0.2) is 42.4 Å². The van der Waals surface area contributed by atoms with Crippen LogP contribution in [0.4, 0.5) is 0 Å². The van der Waals surface area contributed by atoms with Gasteiger partial charge >= 0.3 is 0 Å². The van der Waals surface area contributed by atoms with E-state index in [1.165, 1.54) is 5.57 Å². The summed E-state index contributed by atoms with van der Waals surface area (Å²) in [7, 11) is 2.11. The molecule has 0 atom stereocenters. The third kappa shape index (κ3) is 4.46. The molecule has 5 nitrogen and oxygen atoms in total. The Morgan fingerprint density at radius 1 is 1.29 bits per heavy atom. The summed E-state index contributed by atoms with van der Waals surface area (Å²) in [6, 6.07) is 10.0. The fourth-order valence-electron chi connectivity index (χ4n) is 3.00. The van der Waals surface area contributed by atoms with Crippen LogP contribution in [0.5, 0.6) is 0 Å². The number of nitrogens with zero attached hydrogens (tertiary/aromatic N) is 2. The van der Waals surface area contributed by atoms with Gasteiger partial charge in [0, 0.05) is 32.3 Å². The molecule has 0 bridgehead atoms. The van der Waals surface area contributed by atoms with Crippen LogP contribution >= 0.6 is 0 Å². The van der Waals surface area contributed by atoms with Gasteiger partial charge in [0.25, 0.3) is 0 Å². The fourth-order valence-corrected chi connectivity index (χ4v) is 3.00. The van der Waals surface area contributed by atoms with Crippen molar-refractivity contribution in [2.24, 2.45) is 0 Å². The quantitative estimate of drug-likeness (QED) is 0.815. The summed E-state index contributed by atoms with van der Waals surface area (Å²) in [4.78, 5) is 21.7. The lowest BCUT2D eigenvalue weighted by Gasteiger charge is -2.26. The molecule has 5 heteroatoms. The van der Waals surface area contributed by atoms with Gasteiger partial charge in [-0.05, 0) is 31.0 Å². The number of benzene rings is 1. The standard InChI is InChI=1S/C19H25N3O2/c1-21-11-5-9-17(13-21)18(14-22-12-6-10-19(22)23)20-24-15-16-7-3-2-4-8-16/h2-4,7-9,14,20H,5-6,10-13,15H2,1H3. The molecule has 0 aromatic heterocycles. The van der Waals surface area contributed by atoms with Crippen molar-refractivity contribution in [1.29, 1.82) is 0 Å². The van der Waals surface area contributed by atoms with E-state index < -0.39 is 0 Å². The van der Waals surface area contributed by atoms with E-state index >= 15 is 0 Å². The summed E-state index contributed by atoms with van der Waals surface area (Å²) in [5, 5.41) is 0. The highest BCUT2D eigenvalue weighted by atomic mass is 16.6. The zero-order chi connectivity index (χ0) is 16.8. The van der Waals surface area contributed by atoms with Crippen LogP contribution in [0.25, 0.3) is 0 Å². The predicted molar refractivity (Wildman–Crippen MR) is 93.6 cm³/mol. The average molecular weight is 327 g/mol. The molecule has 0 spiro atoms. The van der Waals surface area contributed by atoms with Gasteiger partial charge in [-0.15, -0.1) is 0 Å². The van der Waals surface area contributed by atoms with Crippen LogP contribution in [-0.2, 0) is 16.2 Å². The second kappa shape index (κ2) is 8.13. The van der Waals surface area contributed by atoms with E-state index in [9.17, 15) is 4.79 Å². The molecule has 0 saturated carbocycles. The molecule has 2 aliphatic rings. The molecule has 1 aromatic carbocycles. The molecule has 1 N–H and O–H groups in total. The smallest absolute Gasteiger partial charge is 0.226 e. The van der Waals surface area contributed by atoms with Crippen molar-refractivity contribution < 1.29 is 9.63 Å². The molecule has 128 valence electrons. The largest absolute Gasteiger partial charge is 0.317 e. The molecule has 1 saturated heterocycles. The first-order chi connectivity index (χ1) is 11.7.